The number of fused-ring (bicyclic) bond motifs is 1. The molecule has 0 aliphatic rings. The van der Waals surface area contributed by atoms with E-state index in [9.17, 15) is 4.79 Å². The van der Waals surface area contributed by atoms with Gasteiger partial charge in [-0.05, 0) is 23.8 Å². The Bertz CT molecular complexity index is 1250. The van der Waals surface area contributed by atoms with Gasteiger partial charge in [-0.25, -0.2) is 9.97 Å². The second-order valence-electron chi connectivity index (χ2n) is 7.34. The summed E-state index contributed by atoms with van der Waals surface area (Å²) in [6.45, 7) is 0.347. The van der Waals surface area contributed by atoms with Crippen LogP contribution in [0.5, 0.6) is 11.5 Å². The molecule has 7 heteroatoms. The number of carbonyl (C=O) groups excluding carboxylic acids is 1. The van der Waals surface area contributed by atoms with E-state index in [4.69, 9.17) is 19.4 Å². The maximum absolute atomic E-state index is 12.6. The van der Waals surface area contributed by atoms with Crippen LogP contribution in [-0.4, -0.2) is 35.8 Å². The van der Waals surface area contributed by atoms with E-state index in [-0.39, 0.29) is 11.7 Å². The monoisotopic (exact) mass is 459 g/mol. The molecule has 1 N–H and O–H groups in total. The Morgan fingerprint density at radius 2 is 1.61 bits per heavy atom. The van der Waals surface area contributed by atoms with Gasteiger partial charge in [-0.2, -0.15) is 0 Å². The summed E-state index contributed by atoms with van der Waals surface area (Å²) in [6.07, 6.45) is 0.656. The normalized spacial score (nSPS) is 10.7. The first kappa shape index (κ1) is 22.6. The summed E-state index contributed by atoms with van der Waals surface area (Å²) in [7, 11) is 3.18. The smallest absolute Gasteiger partial charge is 0.230 e. The number of nitrogens with zero attached hydrogens (tertiary/aromatic N) is 2. The summed E-state index contributed by atoms with van der Waals surface area (Å²) < 4.78 is 10.8. The molecule has 1 heterocycles. The molecule has 0 bridgehead atoms. The lowest BCUT2D eigenvalue weighted by molar-refractivity contribution is -0.118. The predicted molar refractivity (Wildman–Crippen MR) is 131 cm³/mol. The lowest BCUT2D eigenvalue weighted by Gasteiger charge is -2.13. The molecule has 0 fully saturated rings. The van der Waals surface area contributed by atoms with Gasteiger partial charge in [0.05, 0.1) is 36.7 Å². The number of amides is 1. The Morgan fingerprint density at radius 1 is 0.879 bits per heavy atom. The fourth-order valence-corrected chi connectivity index (χ4v) is 4.33. The molecule has 0 spiro atoms. The van der Waals surface area contributed by atoms with Gasteiger partial charge in [-0.3, -0.25) is 4.79 Å². The van der Waals surface area contributed by atoms with Gasteiger partial charge >= 0.3 is 0 Å². The molecule has 168 valence electrons. The highest BCUT2D eigenvalue weighted by atomic mass is 32.2. The Labute approximate surface area is 197 Å². The van der Waals surface area contributed by atoms with Gasteiger partial charge in [-0.15, -0.1) is 0 Å². The number of ether oxygens (including phenoxy) is 2. The van der Waals surface area contributed by atoms with Crippen LogP contribution in [0.3, 0.4) is 0 Å². The second kappa shape index (κ2) is 10.8. The summed E-state index contributed by atoms with van der Waals surface area (Å²) in [6, 6.07) is 23.5. The number of hydrogen-bond acceptors (Lipinski definition) is 6. The van der Waals surface area contributed by atoms with Gasteiger partial charge in [0.1, 0.15) is 5.03 Å². The van der Waals surface area contributed by atoms with Crippen LogP contribution in [0, 0.1) is 0 Å². The highest BCUT2D eigenvalue weighted by Crippen LogP contribution is 2.30. The van der Waals surface area contributed by atoms with E-state index in [0.717, 1.165) is 32.9 Å². The highest BCUT2D eigenvalue weighted by Gasteiger charge is 2.14. The Balaban J connectivity index is 1.47. The van der Waals surface area contributed by atoms with Crippen molar-refractivity contribution in [1.29, 1.82) is 0 Å². The minimum absolute atomic E-state index is 0.0921. The summed E-state index contributed by atoms with van der Waals surface area (Å²) in [5.74, 6) is 1.40. The standard InChI is InChI=1S/C26H25N3O3S/c1-31-23-14-8-11-19(25(23)32-2)16-27-24(30)17-33-26-22(15-18-9-4-3-5-10-18)28-20-12-6-7-13-21(20)29-26/h3-14H,15-17H2,1-2H3,(H,27,30). The third-order valence-electron chi connectivity index (χ3n) is 5.12. The molecule has 0 unspecified atom stereocenters. The van der Waals surface area contributed by atoms with Crippen LogP contribution in [0.4, 0.5) is 0 Å². The van der Waals surface area contributed by atoms with E-state index in [2.05, 4.69) is 17.4 Å². The number of benzene rings is 3. The first-order chi connectivity index (χ1) is 16.2. The minimum Gasteiger partial charge on any atom is -0.493 e. The zero-order valence-electron chi connectivity index (χ0n) is 18.6. The first-order valence-corrected chi connectivity index (χ1v) is 11.6. The number of rotatable bonds is 9. The van der Waals surface area contributed by atoms with E-state index in [0.29, 0.717) is 24.5 Å². The van der Waals surface area contributed by atoms with Crippen molar-refractivity contribution in [2.75, 3.05) is 20.0 Å². The van der Waals surface area contributed by atoms with E-state index in [1.165, 1.54) is 11.8 Å². The van der Waals surface area contributed by atoms with Crippen molar-refractivity contribution in [3.05, 3.63) is 89.6 Å². The van der Waals surface area contributed by atoms with Gasteiger partial charge in [-0.1, -0.05) is 66.4 Å². The van der Waals surface area contributed by atoms with Crippen molar-refractivity contribution in [2.24, 2.45) is 0 Å². The number of thioether (sulfide) groups is 1. The van der Waals surface area contributed by atoms with Gasteiger partial charge in [0, 0.05) is 18.5 Å². The van der Waals surface area contributed by atoms with Crippen molar-refractivity contribution in [3.8, 4) is 11.5 Å². The Morgan fingerprint density at radius 3 is 2.33 bits per heavy atom. The molecule has 0 atom stereocenters. The molecular weight excluding hydrogens is 434 g/mol. The van der Waals surface area contributed by atoms with Gasteiger partial charge in [0.2, 0.25) is 5.91 Å². The van der Waals surface area contributed by atoms with Crippen LogP contribution in [0.2, 0.25) is 0 Å². The van der Waals surface area contributed by atoms with Crippen molar-refractivity contribution in [3.63, 3.8) is 0 Å². The van der Waals surface area contributed by atoms with Crippen LogP contribution in [-0.2, 0) is 17.8 Å². The maximum Gasteiger partial charge on any atom is 0.230 e. The van der Waals surface area contributed by atoms with E-state index < -0.39 is 0 Å². The summed E-state index contributed by atoms with van der Waals surface area (Å²) >= 11 is 1.40. The predicted octanol–water partition coefficient (Wildman–Crippen LogP) is 4.65. The molecular formula is C26H25N3O3S. The lowest BCUT2D eigenvalue weighted by atomic mass is 10.1. The van der Waals surface area contributed by atoms with Crippen molar-refractivity contribution >= 4 is 28.7 Å². The molecule has 0 radical (unpaired) electrons. The zero-order valence-corrected chi connectivity index (χ0v) is 19.4. The Kier molecular flexibility index (Phi) is 7.42. The lowest BCUT2D eigenvalue weighted by Crippen LogP contribution is -2.25. The number of para-hydroxylation sites is 3. The number of hydrogen-bond donors (Lipinski definition) is 1. The molecule has 3 aromatic carbocycles. The molecule has 1 aromatic heterocycles. The van der Waals surface area contributed by atoms with Gasteiger partial charge < -0.3 is 14.8 Å². The van der Waals surface area contributed by atoms with E-state index >= 15 is 0 Å². The van der Waals surface area contributed by atoms with Gasteiger partial charge in [0.15, 0.2) is 11.5 Å². The Hall–Kier alpha value is -3.58. The van der Waals surface area contributed by atoms with Crippen LogP contribution in [0.25, 0.3) is 11.0 Å². The summed E-state index contributed by atoms with van der Waals surface area (Å²) in [5.41, 5.74) is 4.54. The van der Waals surface area contributed by atoms with Crippen molar-refractivity contribution in [1.82, 2.24) is 15.3 Å². The molecule has 4 rings (SSSR count). The summed E-state index contributed by atoms with van der Waals surface area (Å²) in [4.78, 5) is 22.3. The fourth-order valence-electron chi connectivity index (χ4n) is 3.51. The van der Waals surface area contributed by atoms with Crippen LogP contribution in [0.1, 0.15) is 16.8 Å². The third kappa shape index (κ3) is 5.62. The molecule has 4 aromatic rings. The highest BCUT2D eigenvalue weighted by molar-refractivity contribution is 7.99. The zero-order chi connectivity index (χ0) is 23.0. The molecule has 0 saturated heterocycles. The van der Waals surface area contributed by atoms with E-state index in [1.54, 1.807) is 14.2 Å². The van der Waals surface area contributed by atoms with Crippen molar-refractivity contribution in [2.45, 2.75) is 18.0 Å². The first-order valence-electron chi connectivity index (χ1n) is 10.6. The molecule has 6 nitrogen and oxygen atoms in total. The van der Waals surface area contributed by atoms with Gasteiger partial charge in [0.25, 0.3) is 0 Å². The topological polar surface area (TPSA) is 73.3 Å². The van der Waals surface area contributed by atoms with Crippen LogP contribution >= 0.6 is 11.8 Å². The average molecular weight is 460 g/mol. The number of nitrogens with one attached hydrogen (secondary N) is 1. The minimum atomic E-state index is -0.0921. The van der Waals surface area contributed by atoms with E-state index in [1.807, 2.05) is 60.7 Å². The molecule has 0 aliphatic heterocycles. The quantitative estimate of drug-likeness (QED) is 0.368. The molecule has 0 saturated carbocycles. The second-order valence-corrected chi connectivity index (χ2v) is 8.31. The van der Waals surface area contributed by atoms with Crippen LogP contribution < -0.4 is 14.8 Å². The van der Waals surface area contributed by atoms with Crippen LogP contribution in [0.15, 0.2) is 77.8 Å². The molecule has 33 heavy (non-hydrogen) atoms. The number of carbonyl (C=O) groups is 1. The largest absolute Gasteiger partial charge is 0.493 e. The fraction of sp³-hybridized carbons (Fsp3) is 0.192. The summed E-state index contributed by atoms with van der Waals surface area (Å²) in [5, 5.41) is 3.73. The number of aromatic nitrogens is 2. The molecule has 0 aliphatic carbocycles. The van der Waals surface area contributed by atoms with Crippen molar-refractivity contribution < 1.29 is 14.3 Å². The third-order valence-corrected chi connectivity index (χ3v) is 6.13. The molecule has 1 amide bonds. The number of methoxy groups -OCH3 is 2. The average Bonchev–Trinajstić information content (AvgIpc) is 2.86. The SMILES string of the molecule is COc1cccc(CNC(=O)CSc2nc3ccccc3nc2Cc2ccccc2)c1OC. The maximum atomic E-state index is 12.6.